The minimum Gasteiger partial charge on any atom is -0.463 e. The van der Waals surface area contributed by atoms with Gasteiger partial charge in [0, 0.05) is 10.2 Å². The zero-order valence-electron chi connectivity index (χ0n) is 15.2. The summed E-state index contributed by atoms with van der Waals surface area (Å²) >= 11 is 3.44. The molecule has 2 aromatic rings. The number of halogens is 1. The van der Waals surface area contributed by atoms with E-state index in [0.29, 0.717) is 30.5 Å². The third kappa shape index (κ3) is 4.77. The van der Waals surface area contributed by atoms with Gasteiger partial charge in [0.25, 0.3) is 6.02 Å². The van der Waals surface area contributed by atoms with Gasteiger partial charge in [0.15, 0.2) is 0 Å². The van der Waals surface area contributed by atoms with E-state index in [4.69, 9.17) is 9.47 Å². The van der Waals surface area contributed by atoms with Gasteiger partial charge in [-0.25, -0.2) is 9.79 Å². The molecular formula is C21H21BrN2O3. The summed E-state index contributed by atoms with van der Waals surface area (Å²) < 4.78 is 12.0. The Morgan fingerprint density at radius 1 is 1.15 bits per heavy atom. The number of carbonyl (C=O) groups is 1. The van der Waals surface area contributed by atoms with Crippen LogP contribution in [0.3, 0.4) is 0 Å². The van der Waals surface area contributed by atoms with Crippen molar-refractivity contribution in [2.24, 2.45) is 4.99 Å². The van der Waals surface area contributed by atoms with E-state index in [1.54, 1.807) is 6.92 Å². The van der Waals surface area contributed by atoms with Gasteiger partial charge >= 0.3 is 5.97 Å². The van der Waals surface area contributed by atoms with Gasteiger partial charge in [-0.3, -0.25) is 0 Å². The minimum absolute atomic E-state index is 0.309. The molecule has 140 valence electrons. The largest absolute Gasteiger partial charge is 0.463 e. The van der Waals surface area contributed by atoms with Crippen LogP contribution in [0.1, 0.15) is 31.0 Å². The maximum Gasteiger partial charge on any atom is 0.338 e. The first-order chi connectivity index (χ1) is 13.1. The Hall–Kier alpha value is -2.60. The molecule has 1 unspecified atom stereocenters. The quantitative estimate of drug-likeness (QED) is 0.711. The fraction of sp³-hybridized carbons (Fsp3) is 0.238. The highest BCUT2D eigenvalue weighted by Gasteiger charge is 2.30. The number of benzene rings is 2. The monoisotopic (exact) mass is 428 g/mol. The average molecular weight is 429 g/mol. The van der Waals surface area contributed by atoms with Crippen molar-refractivity contribution in [1.29, 1.82) is 0 Å². The van der Waals surface area contributed by atoms with Crippen molar-refractivity contribution >= 4 is 27.9 Å². The van der Waals surface area contributed by atoms with E-state index in [2.05, 4.69) is 26.2 Å². The summed E-state index contributed by atoms with van der Waals surface area (Å²) in [7, 11) is 0. The summed E-state index contributed by atoms with van der Waals surface area (Å²) in [5.74, 6) is -0.374. The van der Waals surface area contributed by atoms with Crippen LogP contribution in [0.5, 0.6) is 0 Å². The van der Waals surface area contributed by atoms with Crippen molar-refractivity contribution < 1.29 is 14.3 Å². The van der Waals surface area contributed by atoms with Crippen LogP contribution < -0.4 is 5.32 Å². The lowest BCUT2D eigenvalue weighted by Crippen LogP contribution is -2.33. The Labute approximate surface area is 167 Å². The van der Waals surface area contributed by atoms with Gasteiger partial charge in [-0.05, 0) is 37.1 Å². The number of hydrogen-bond donors (Lipinski definition) is 1. The first-order valence-corrected chi connectivity index (χ1v) is 9.52. The molecule has 27 heavy (non-hydrogen) atoms. The molecule has 1 aliphatic heterocycles. The van der Waals surface area contributed by atoms with Crippen molar-refractivity contribution in [3.8, 4) is 0 Å². The summed E-state index contributed by atoms with van der Waals surface area (Å²) in [5, 5.41) is 3.08. The number of amidine groups is 1. The lowest BCUT2D eigenvalue weighted by atomic mass is 9.96. The fourth-order valence-corrected chi connectivity index (χ4v) is 3.07. The zero-order chi connectivity index (χ0) is 19.2. The lowest BCUT2D eigenvalue weighted by Gasteiger charge is -2.25. The average Bonchev–Trinajstić information content (AvgIpc) is 2.67. The van der Waals surface area contributed by atoms with Crippen molar-refractivity contribution in [3.05, 3.63) is 81.5 Å². The Kier molecular flexibility index (Phi) is 6.29. The van der Waals surface area contributed by atoms with E-state index < -0.39 is 6.04 Å². The number of allylic oxidation sites excluding steroid dienone is 1. The van der Waals surface area contributed by atoms with E-state index in [9.17, 15) is 4.79 Å². The van der Waals surface area contributed by atoms with Crippen molar-refractivity contribution in [1.82, 2.24) is 5.32 Å². The third-order valence-electron chi connectivity index (χ3n) is 4.12. The molecule has 3 rings (SSSR count). The van der Waals surface area contributed by atoms with Gasteiger partial charge in [0.2, 0.25) is 0 Å². The van der Waals surface area contributed by atoms with E-state index in [0.717, 1.165) is 15.6 Å². The van der Waals surface area contributed by atoms with Crippen LogP contribution in [0.2, 0.25) is 0 Å². The number of esters is 1. The number of rotatable bonds is 5. The molecule has 2 aromatic carbocycles. The van der Waals surface area contributed by atoms with E-state index in [-0.39, 0.29) is 5.97 Å². The summed E-state index contributed by atoms with van der Waals surface area (Å²) in [5.41, 5.74) is 3.11. The van der Waals surface area contributed by atoms with Gasteiger partial charge in [-0.15, -0.1) is 0 Å². The Bertz CT molecular complexity index is 861. The molecule has 0 saturated carbocycles. The molecule has 1 atom stereocenters. The maximum atomic E-state index is 12.5. The Balaban J connectivity index is 1.88. The Morgan fingerprint density at radius 2 is 1.85 bits per heavy atom. The topological polar surface area (TPSA) is 59.9 Å². The number of nitrogens with zero attached hydrogens (tertiary/aromatic N) is 1. The molecule has 5 nitrogen and oxygen atoms in total. The molecule has 6 heteroatoms. The van der Waals surface area contributed by atoms with Crippen molar-refractivity contribution in [2.45, 2.75) is 26.5 Å². The van der Waals surface area contributed by atoms with Crippen molar-refractivity contribution in [3.63, 3.8) is 0 Å². The van der Waals surface area contributed by atoms with Crippen LogP contribution in [0.15, 0.2) is 75.3 Å². The highest BCUT2D eigenvalue weighted by molar-refractivity contribution is 9.10. The normalized spacial score (nSPS) is 16.4. The highest BCUT2D eigenvalue weighted by atomic mass is 79.9. The minimum atomic E-state index is -0.482. The van der Waals surface area contributed by atoms with Crippen LogP contribution in [-0.2, 0) is 20.9 Å². The first-order valence-electron chi connectivity index (χ1n) is 8.73. The number of ether oxygens (including phenoxy) is 2. The molecule has 0 bridgehead atoms. The first kappa shape index (κ1) is 19.2. The van der Waals surface area contributed by atoms with Crippen LogP contribution in [-0.4, -0.2) is 18.6 Å². The summed E-state index contributed by atoms with van der Waals surface area (Å²) in [6, 6.07) is 17.5. The smallest absolute Gasteiger partial charge is 0.338 e. The molecule has 0 aliphatic carbocycles. The summed E-state index contributed by atoms with van der Waals surface area (Å²) in [6.07, 6.45) is 0. The zero-order valence-corrected chi connectivity index (χ0v) is 16.8. The van der Waals surface area contributed by atoms with E-state index >= 15 is 0 Å². The summed E-state index contributed by atoms with van der Waals surface area (Å²) in [6.45, 7) is 4.32. The second-order valence-electron chi connectivity index (χ2n) is 6.05. The van der Waals surface area contributed by atoms with E-state index in [1.165, 1.54) is 0 Å². The fourth-order valence-electron chi connectivity index (χ4n) is 2.81. The molecule has 0 saturated heterocycles. The number of aliphatic imine (C=N–C) groups is 1. The van der Waals surface area contributed by atoms with Crippen LogP contribution in [0.25, 0.3) is 0 Å². The molecular weight excluding hydrogens is 408 g/mol. The maximum absolute atomic E-state index is 12.5. The second kappa shape index (κ2) is 8.86. The van der Waals surface area contributed by atoms with Crippen LogP contribution in [0.4, 0.5) is 0 Å². The van der Waals surface area contributed by atoms with Gasteiger partial charge in [0.05, 0.1) is 12.2 Å². The van der Waals surface area contributed by atoms with Crippen LogP contribution >= 0.6 is 15.9 Å². The standard InChI is InChI=1S/C21H21BrN2O3/c1-3-26-20(25)18-14(2)23-21(27-13-15-7-5-4-6-8-15)24-19(18)16-9-11-17(22)12-10-16/h4-12,19H,3,13H2,1-2H3,(H,23,24). The van der Waals surface area contributed by atoms with E-state index in [1.807, 2.05) is 61.5 Å². The molecule has 0 amide bonds. The molecule has 1 aliphatic rings. The highest BCUT2D eigenvalue weighted by Crippen LogP contribution is 2.32. The molecule has 0 radical (unpaired) electrons. The summed E-state index contributed by atoms with van der Waals surface area (Å²) in [4.78, 5) is 17.1. The molecule has 0 aromatic heterocycles. The Morgan fingerprint density at radius 3 is 2.52 bits per heavy atom. The third-order valence-corrected chi connectivity index (χ3v) is 4.65. The predicted molar refractivity (Wildman–Crippen MR) is 108 cm³/mol. The number of carbonyl (C=O) groups excluding carboxylic acids is 1. The lowest BCUT2D eigenvalue weighted by molar-refractivity contribution is -0.138. The molecule has 0 fully saturated rings. The predicted octanol–water partition coefficient (Wildman–Crippen LogP) is 4.50. The second-order valence-corrected chi connectivity index (χ2v) is 6.96. The SMILES string of the molecule is CCOC(=O)C1=C(C)NC(OCc2ccccc2)=NC1c1ccc(Br)cc1. The molecule has 1 N–H and O–H groups in total. The van der Waals surface area contributed by atoms with Crippen molar-refractivity contribution in [2.75, 3.05) is 6.61 Å². The van der Waals surface area contributed by atoms with Gasteiger partial charge < -0.3 is 14.8 Å². The number of nitrogens with one attached hydrogen (secondary N) is 1. The van der Waals surface area contributed by atoms with Gasteiger partial charge in [-0.2, -0.15) is 0 Å². The van der Waals surface area contributed by atoms with Crippen LogP contribution in [0, 0.1) is 0 Å². The molecule has 0 spiro atoms. The number of hydrogen-bond acceptors (Lipinski definition) is 5. The molecule has 1 heterocycles. The van der Waals surface area contributed by atoms with Gasteiger partial charge in [0.1, 0.15) is 12.6 Å². The van der Waals surface area contributed by atoms with Gasteiger partial charge in [-0.1, -0.05) is 58.4 Å².